The molecule has 0 atom stereocenters. The minimum Gasteiger partial charge on any atom is -0.352 e. The molecule has 2 aromatic rings. The average molecular weight is 470 g/mol. The van der Waals surface area contributed by atoms with E-state index >= 15 is 0 Å². The second-order valence-corrected chi connectivity index (χ2v) is 11.4. The monoisotopic (exact) mass is 469 g/mol. The predicted octanol–water partition coefficient (Wildman–Crippen LogP) is 3.45. The van der Waals surface area contributed by atoms with Crippen LogP contribution in [0.3, 0.4) is 0 Å². The van der Waals surface area contributed by atoms with Gasteiger partial charge in [0.1, 0.15) is 0 Å². The molecule has 6 nitrogen and oxygen atoms in total. The number of likely N-dealkylation sites (tertiary alicyclic amines) is 1. The van der Waals surface area contributed by atoms with E-state index in [0.717, 1.165) is 23.2 Å². The maximum atomic E-state index is 12.8. The third-order valence-corrected chi connectivity index (χ3v) is 8.56. The van der Waals surface area contributed by atoms with Gasteiger partial charge in [-0.3, -0.25) is 9.69 Å². The number of nitrogens with one attached hydrogen (secondary N) is 1. The van der Waals surface area contributed by atoms with Gasteiger partial charge in [0, 0.05) is 32.1 Å². The number of rotatable bonds is 8. The van der Waals surface area contributed by atoms with Crippen molar-refractivity contribution in [2.75, 3.05) is 26.2 Å². The molecule has 178 valence electrons. The summed E-state index contributed by atoms with van der Waals surface area (Å²) in [5, 5.41) is 3.07. The van der Waals surface area contributed by atoms with Crippen LogP contribution in [0.4, 0.5) is 0 Å². The molecule has 7 heteroatoms. The van der Waals surface area contributed by atoms with Crippen molar-refractivity contribution in [3.05, 3.63) is 70.8 Å². The average Bonchev–Trinajstić information content (AvgIpc) is 3.30. The zero-order valence-electron chi connectivity index (χ0n) is 19.5. The molecule has 4 rings (SSSR count). The Morgan fingerprint density at radius 2 is 1.61 bits per heavy atom. The lowest BCUT2D eigenvalue weighted by molar-refractivity contribution is -0.126. The summed E-state index contributed by atoms with van der Waals surface area (Å²) in [4.78, 5) is 15.2. The van der Waals surface area contributed by atoms with Gasteiger partial charge in [-0.1, -0.05) is 54.1 Å². The fraction of sp³-hybridized carbons (Fsp3) is 0.500. The third kappa shape index (κ3) is 6.65. The Kier molecular flexibility index (Phi) is 7.83. The highest BCUT2D eigenvalue weighted by Crippen LogP contribution is 2.22. The summed E-state index contributed by atoms with van der Waals surface area (Å²) < 4.78 is 27.2. The van der Waals surface area contributed by atoms with Crippen LogP contribution in [-0.4, -0.2) is 49.7 Å². The molecule has 0 radical (unpaired) electrons. The Morgan fingerprint density at radius 1 is 0.939 bits per heavy atom. The van der Waals surface area contributed by atoms with Crippen LogP contribution in [-0.2, 0) is 33.7 Å². The molecule has 2 aliphatic heterocycles. The van der Waals surface area contributed by atoms with Crippen LogP contribution in [0.15, 0.2) is 48.5 Å². The number of carbonyl (C=O) groups is 1. The zero-order chi connectivity index (χ0) is 23.3. The predicted molar refractivity (Wildman–Crippen MR) is 131 cm³/mol. The van der Waals surface area contributed by atoms with Crippen molar-refractivity contribution in [3.8, 4) is 0 Å². The van der Waals surface area contributed by atoms with E-state index in [1.54, 1.807) is 4.31 Å². The lowest BCUT2D eigenvalue weighted by Crippen LogP contribution is -2.43. The highest BCUT2D eigenvalue weighted by molar-refractivity contribution is 7.88. The van der Waals surface area contributed by atoms with E-state index < -0.39 is 10.0 Å². The van der Waals surface area contributed by atoms with Crippen molar-refractivity contribution >= 4 is 15.9 Å². The largest absolute Gasteiger partial charge is 0.352 e. The Morgan fingerprint density at radius 3 is 2.33 bits per heavy atom. The molecular formula is C26H35N3O3S. The summed E-state index contributed by atoms with van der Waals surface area (Å²) in [6.07, 6.45) is 3.69. The number of aryl methyl sites for hydroxylation is 1. The van der Waals surface area contributed by atoms with E-state index in [2.05, 4.69) is 28.4 Å². The standard InChI is InChI=1S/C26H35N3O3S/c1-21-6-4-9-24(16-21)20-33(31,32)29-14-10-25(11-15-29)26(30)27-18-22-7-5-8-23(17-22)19-28-12-2-3-13-28/h4-9,16-17,25H,2-3,10-15,18-20H2,1H3,(H,27,30). The maximum Gasteiger partial charge on any atom is 0.223 e. The van der Waals surface area contributed by atoms with Crippen LogP contribution in [0.5, 0.6) is 0 Å². The highest BCUT2D eigenvalue weighted by Gasteiger charge is 2.31. The van der Waals surface area contributed by atoms with E-state index in [0.29, 0.717) is 32.5 Å². The fourth-order valence-electron chi connectivity index (χ4n) is 4.87. The van der Waals surface area contributed by atoms with E-state index in [9.17, 15) is 13.2 Å². The molecule has 2 saturated heterocycles. The number of nitrogens with zero attached hydrogens (tertiary/aromatic N) is 2. The number of amides is 1. The minimum atomic E-state index is -3.37. The molecule has 33 heavy (non-hydrogen) atoms. The Bertz CT molecular complexity index is 1060. The van der Waals surface area contributed by atoms with Crippen molar-refractivity contribution in [3.63, 3.8) is 0 Å². The normalized spacial score (nSPS) is 18.5. The van der Waals surface area contributed by atoms with Crippen LogP contribution in [0, 0.1) is 12.8 Å². The third-order valence-electron chi connectivity index (χ3n) is 6.71. The second kappa shape index (κ2) is 10.8. The topological polar surface area (TPSA) is 69.7 Å². The van der Waals surface area contributed by atoms with Gasteiger partial charge in [0.05, 0.1) is 5.75 Å². The first-order valence-electron chi connectivity index (χ1n) is 12.0. The fourth-order valence-corrected chi connectivity index (χ4v) is 6.42. The van der Waals surface area contributed by atoms with Crippen molar-refractivity contribution in [2.45, 2.75) is 51.4 Å². The minimum absolute atomic E-state index is 0.0132. The smallest absolute Gasteiger partial charge is 0.223 e. The van der Waals surface area contributed by atoms with Crippen LogP contribution in [0.25, 0.3) is 0 Å². The van der Waals surface area contributed by atoms with Gasteiger partial charge in [-0.05, 0) is 62.4 Å². The van der Waals surface area contributed by atoms with Gasteiger partial charge in [-0.15, -0.1) is 0 Å². The summed E-state index contributed by atoms with van der Waals surface area (Å²) in [6.45, 7) is 6.58. The van der Waals surface area contributed by atoms with Crippen LogP contribution >= 0.6 is 0 Å². The van der Waals surface area contributed by atoms with Crippen molar-refractivity contribution in [1.29, 1.82) is 0 Å². The van der Waals surface area contributed by atoms with Gasteiger partial charge in [-0.25, -0.2) is 12.7 Å². The van der Waals surface area contributed by atoms with Gasteiger partial charge >= 0.3 is 0 Å². The first-order valence-corrected chi connectivity index (χ1v) is 13.6. The van der Waals surface area contributed by atoms with E-state index in [1.165, 1.54) is 31.5 Å². The molecule has 2 heterocycles. The van der Waals surface area contributed by atoms with Crippen LogP contribution < -0.4 is 5.32 Å². The molecule has 2 fully saturated rings. The maximum absolute atomic E-state index is 12.8. The summed E-state index contributed by atoms with van der Waals surface area (Å²) in [5.74, 6) is -0.0989. The molecule has 0 bridgehead atoms. The van der Waals surface area contributed by atoms with Gasteiger partial charge in [0.15, 0.2) is 0 Å². The first-order chi connectivity index (χ1) is 15.9. The molecule has 0 aliphatic carbocycles. The van der Waals surface area contributed by atoms with Crippen molar-refractivity contribution in [1.82, 2.24) is 14.5 Å². The molecule has 0 unspecified atom stereocenters. The number of hydrogen-bond acceptors (Lipinski definition) is 4. The summed E-state index contributed by atoms with van der Waals surface area (Å²) in [7, 11) is -3.37. The molecule has 0 aromatic heterocycles. The van der Waals surface area contributed by atoms with Crippen molar-refractivity contribution < 1.29 is 13.2 Å². The first kappa shape index (κ1) is 23.9. The van der Waals surface area contributed by atoms with Gasteiger partial charge in [0.25, 0.3) is 0 Å². The van der Waals surface area contributed by atoms with E-state index in [4.69, 9.17) is 0 Å². The number of piperidine rings is 1. The Balaban J connectivity index is 1.25. The molecular weight excluding hydrogens is 434 g/mol. The molecule has 2 aliphatic rings. The van der Waals surface area contributed by atoms with Crippen LogP contribution in [0.2, 0.25) is 0 Å². The lowest BCUT2D eigenvalue weighted by Gasteiger charge is -2.30. The quantitative estimate of drug-likeness (QED) is 0.643. The number of benzene rings is 2. The summed E-state index contributed by atoms with van der Waals surface area (Å²) >= 11 is 0. The molecule has 1 N–H and O–H groups in total. The number of hydrogen-bond donors (Lipinski definition) is 1. The van der Waals surface area contributed by atoms with Gasteiger partial charge in [-0.2, -0.15) is 0 Å². The second-order valence-electron chi connectivity index (χ2n) is 9.44. The summed E-state index contributed by atoms with van der Waals surface area (Å²) in [6, 6.07) is 16.1. The molecule has 0 spiro atoms. The van der Waals surface area contributed by atoms with Crippen molar-refractivity contribution in [2.24, 2.45) is 5.92 Å². The van der Waals surface area contributed by atoms with E-state index in [-0.39, 0.29) is 17.6 Å². The SMILES string of the molecule is Cc1cccc(CS(=O)(=O)N2CCC(C(=O)NCc3cccc(CN4CCCC4)c3)CC2)c1. The van der Waals surface area contributed by atoms with Gasteiger partial charge < -0.3 is 5.32 Å². The zero-order valence-corrected chi connectivity index (χ0v) is 20.3. The highest BCUT2D eigenvalue weighted by atomic mass is 32.2. The Labute approximate surface area is 198 Å². The molecule has 1 amide bonds. The van der Waals surface area contributed by atoms with E-state index in [1.807, 2.05) is 37.3 Å². The molecule has 2 aromatic carbocycles. The van der Waals surface area contributed by atoms with Crippen LogP contribution in [0.1, 0.15) is 47.9 Å². The lowest BCUT2D eigenvalue weighted by atomic mass is 9.97. The summed E-state index contributed by atoms with van der Waals surface area (Å²) in [5.41, 5.74) is 4.26. The molecule has 0 saturated carbocycles. The Hall–Kier alpha value is -2.22. The number of sulfonamides is 1. The number of carbonyl (C=O) groups excluding carboxylic acids is 1. The van der Waals surface area contributed by atoms with Gasteiger partial charge in [0.2, 0.25) is 15.9 Å².